The lowest BCUT2D eigenvalue weighted by Crippen LogP contribution is -2.60. The van der Waals surface area contributed by atoms with Gasteiger partial charge in [0, 0.05) is 35.2 Å². The van der Waals surface area contributed by atoms with Gasteiger partial charge in [-0.3, -0.25) is 14.6 Å². The lowest BCUT2D eigenvalue weighted by Gasteiger charge is -2.49. The van der Waals surface area contributed by atoms with E-state index in [1.54, 1.807) is 0 Å². The summed E-state index contributed by atoms with van der Waals surface area (Å²) in [5.41, 5.74) is 2.07. The van der Waals surface area contributed by atoms with E-state index in [1.807, 2.05) is 29.2 Å². The summed E-state index contributed by atoms with van der Waals surface area (Å²) in [6, 6.07) is 15.9. The Bertz CT molecular complexity index is 745. The largest absolute Gasteiger partial charge is 0.480 e. The van der Waals surface area contributed by atoms with Crippen LogP contribution in [0, 0.1) is 0 Å². The van der Waals surface area contributed by atoms with E-state index in [0.29, 0.717) is 16.6 Å². The van der Waals surface area contributed by atoms with E-state index in [1.165, 1.54) is 0 Å². The molecule has 2 aromatic rings. The molecule has 1 N–H and O–H groups in total. The van der Waals surface area contributed by atoms with Gasteiger partial charge >= 0.3 is 5.97 Å². The fraction of sp³-hybridized carbons (Fsp3) is 0.381. The van der Waals surface area contributed by atoms with E-state index in [9.17, 15) is 9.90 Å². The molecule has 0 radical (unpaired) electrons. The molecule has 1 heterocycles. The van der Waals surface area contributed by atoms with Crippen LogP contribution in [0.1, 0.15) is 31.0 Å². The Kier molecular flexibility index (Phi) is 6.11. The average Bonchev–Trinajstić information content (AvgIpc) is 2.60. The maximum Gasteiger partial charge on any atom is 0.317 e. The van der Waals surface area contributed by atoms with Gasteiger partial charge in [0.1, 0.15) is 0 Å². The Morgan fingerprint density at radius 1 is 1.00 bits per heavy atom. The van der Waals surface area contributed by atoms with Crippen molar-refractivity contribution in [3.05, 3.63) is 69.7 Å². The first-order valence-corrected chi connectivity index (χ1v) is 9.74. The van der Waals surface area contributed by atoms with Gasteiger partial charge in [-0.15, -0.1) is 0 Å². The number of hydrogen-bond donors (Lipinski definition) is 1. The summed E-state index contributed by atoms with van der Waals surface area (Å²) in [5, 5.41) is 10.6. The second-order valence-corrected chi connectivity index (χ2v) is 8.48. The molecule has 0 saturated carbocycles. The van der Waals surface area contributed by atoms with Crippen molar-refractivity contribution in [1.82, 2.24) is 9.80 Å². The highest BCUT2D eigenvalue weighted by atomic mass is 35.5. The fourth-order valence-electron chi connectivity index (χ4n) is 3.81. The molecule has 0 amide bonds. The molecule has 1 aliphatic heterocycles. The van der Waals surface area contributed by atoms with Gasteiger partial charge in [0.05, 0.1) is 12.6 Å². The smallest absolute Gasteiger partial charge is 0.317 e. The molecular weight excluding hydrogens is 383 g/mol. The predicted octanol–water partition coefficient (Wildman–Crippen LogP) is 4.56. The van der Waals surface area contributed by atoms with E-state index in [0.717, 1.165) is 24.2 Å². The molecule has 1 aliphatic rings. The molecule has 27 heavy (non-hydrogen) atoms. The number of hydrogen-bond acceptors (Lipinski definition) is 3. The number of piperazine rings is 1. The van der Waals surface area contributed by atoms with E-state index in [-0.39, 0.29) is 18.1 Å². The maximum absolute atomic E-state index is 11.2. The van der Waals surface area contributed by atoms with Gasteiger partial charge in [-0.25, -0.2) is 0 Å². The van der Waals surface area contributed by atoms with Gasteiger partial charge in [0.2, 0.25) is 0 Å². The normalized spacial score (nSPS) is 18.0. The van der Waals surface area contributed by atoms with Crippen molar-refractivity contribution in [1.29, 1.82) is 0 Å². The highest BCUT2D eigenvalue weighted by molar-refractivity contribution is 6.30. The predicted molar refractivity (Wildman–Crippen MR) is 110 cm³/mol. The molecule has 1 saturated heterocycles. The third kappa shape index (κ3) is 4.82. The quantitative estimate of drug-likeness (QED) is 0.789. The first-order chi connectivity index (χ1) is 12.8. The molecule has 0 atom stereocenters. The zero-order valence-corrected chi connectivity index (χ0v) is 17.0. The molecule has 0 aliphatic carbocycles. The minimum atomic E-state index is -0.788. The molecule has 0 aromatic heterocycles. The maximum atomic E-state index is 11.2. The summed E-state index contributed by atoms with van der Waals surface area (Å²) in [6.45, 7) is 6.51. The van der Waals surface area contributed by atoms with Crippen LogP contribution < -0.4 is 0 Å². The van der Waals surface area contributed by atoms with E-state index < -0.39 is 5.97 Å². The summed E-state index contributed by atoms with van der Waals surface area (Å²) in [7, 11) is 0. The van der Waals surface area contributed by atoms with Gasteiger partial charge in [-0.05, 0) is 49.2 Å². The van der Waals surface area contributed by atoms with Crippen molar-refractivity contribution in [3.63, 3.8) is 0 Å². The van der Waals surface area contributed by atoms with Crippen LogP contribution in [0.5, 0.6) is 0 Å². The third-order valence-corrected chi connectivity index (χ3v) is 5.67. The monoisotopic (exact) mass is 406 g/mol. The minimum absolute atomic E-state index is 0.0609. The number of aliphatic carboxylic acids is 1. The van der Waals surface area contributed by atoms with E-state index in [4.69, 9.17) is 23.2 Å². The summed E-state index contributed by atoms with van der Waals surface area (Å²) in [4.78, 5) is 15.6. The summed E-state index contributed by atoms with van der Waals surface area (Å²) >= 11 is 12.2. The van der Waals surface area contributed by atoms with Crippen molar-refractivity contribution in [2.24, 2.45) is 0 Å². The summed E-state index contributed by atoms with van der Waals surface area (Å²) < 4.78 is 0. The van der Waals surface area contributed by atoms with Crippen molar-refractivity contribution in [2.45, 2.75) is 25.4 Å². The van der Waals surface area contributed by atoms with Crippen LogP contribution >= 0.6 is 23.2 Å². The zero-order chi connectivity index (χ0) is 19.6. The van der Waals surface area contributed by atoms with Crippen molar-refractivity contribution in [3.8, 4) is 0 Å². The number of rotatable bonds is 5. The molecule has 4 nitrogen and oxygen atoms in total. The Morgan fingerprint density at radius 3 is 1.89 bits per heavy atom. The van der Waals surface area contributed by atoms with Crippen molar-refractivity contribution >= 4 is 29.2 Å². The number of carbonyl (C=O) groups is 1. The van der Waals surface area contributed by atoms with Gasteiger partial charge in [0.25, 0.3) is 0 Å². The molecule has 6 heteroatoms. The molecule has 0 unspecified atom stereocenters. The SMILES string of the molecule is CC1(C)CN(C(c2ccc(Cl)cc2)c2ccc(Cl)cc2)CCN1CC(=O)O. The summed E-state index contributed by atoms with van der Waals surface area (Å²) in [6.07, 6.45) is 0. The van der Waals surface area contributed by atoms with Crippen LogP contribution in [0.15, 0.2) is 48.5 Å². The van der Waals surface area contributed by atoms with Crippen LogP contribution in [0.25, 0.3) is 0 Å². The number of carboxylic acid groups (broad SMARTS) is 1. The van der Waals surface area contributed by atoms with Crippen molar-refractivity contribution < 1.29 is 9.90 Å². The fourth-order valence-corrected chi connectivity index (χ4v) is 4.06. The summed E-state index contributed by atoms with van der Waals surface area (Å²) in [5.74, 6) is -0.788. The molecular formula is C21H24Cl2N2O2. The Morgan fingerprint density at radius 2 is 1.48 bits per heavy atom. The van der Waals surface area contributed by atoms with E-state index >= 15 is 0 Å². The zero-order valence-electron chi connectivity index (χ0n) is 15.5. The number of nitrogens with zero attached hydrogens (tertiary/aromatic N) is 2. The molecule has 1 fully saturated rings. The standard InChI is InChI=1S/C21H24Cl2N2O2/c1-21(2)14-24(11-12-25(21)13-19(26)27)20(15-3-7-17(22)8-4-15)16-5-9-18(23)10-6-16/h3-10,20H,11-14H2,1-2H3,(H,26,27). The van der Waals surface area contributed by atoms with Crippen LogP contribution in [0.4, 0.5) is 0 Å². The van der Waals surface area contributed by atoms with Crippen LogP contribution in [-0.4, -0.2) is 52.6 Å². The van der Waals surface area contributed by atoms with Gasteiger partial charge < -0.3 is 5.11 Å². The highest BCUT2D eigenvalue weighted by Crippen LogP contribution is 2.34. The lowest BCUT2D eigenvalue weighted by atomic mass is 9.92. The lowest BCUT2D eigenvalue weighted by molar-refractivity contribution is -0.141. The second kappa shape index (κ2) is 8.19. The number of benzene rings is 2. The van der Waals surface area contributed by atoms with Crippen LogP contribution in [-0.2, 0) is 4.79 Å². The number of halogens is 2. The molecule has 0 spiro atoms. The third-order valence-electron chi connectivity index (χ3n) is 5.17. The second-order valence-electron chi connectivity index (χ2n) is 7.60. The highest BCUT2D eigenvalue weighted by Gasteiger charge is 2.37. The van der Waals surface area contributed by atoms with Crippen LogP contribution in [0.3, 0.4) is 0 Å². The molecule has 0 bridgehead atoms. The average molecular weight is 407 g/mol. The first kappa shape index (κ1) is 20.2. The Hall–Kier alpha value is -1.59. The minimum Gasteiger partial charge on any atom is -0.480 e. The molecule has 3 rings (SSSR count). The first-order valence-electron chi connectivity index (χ1n) is 8.98. The number of carboxylic acids is 1. The molecule has 2 aromatic carbocycles. The Labute approximate surface area is 170 Å². The van der Waals surface area contributed by atoms with Gasteiger partial charge in [-0.1, -0.05) is 47.5 Å². The Balaban J connectivity index is 1.92. The van der Waals surface area contributed by atoms with Gasteiger partial charge in [-0.2, -0.15) is 0 Å². The van der Waals surface area contributed by atoms with Crippen LogP contribution in [0.2, 0.25) is 10.0 Å². The topological polar surface area (TPSA) is 43.8 Å². The van der Waals surface area contributed by atoms with Gasteiger partial charge in [0.15, 0.2) is 0 Å². The molecule has 144 valence electrons. The van der Waals surface area contributed by atoms with E-state index in [2.05, 4.69) is 43.0 Å². The van der Waals surface area contributed by atoms with Crippen molar-refractivity contribution in [2.75, 3.05) is 26.2 Å².